The molecule has 0 atom stereocenters. The summed E-state index contributed by atoms with van der Waals surface area (Å²) in [6.45, 7) is 1.01. The van der Waals surface area contributed by atoms with Crippen molar-refractivity contribution in [3.8, 4) is 0 Å². The summed E-state index contributed by atoms with van der Waals surface area (Å²) >= 11 is 0. The van der Waals surface area contributed by atoms with Crippen molar-refractivity contribution < 1.29 is 4.42 Å². The van der Waals surface area contributed by atoms with Crippen LogP contribution < -0.4 is 10.9 Å². The highest BCUT2D eigenvalue weighted by Crippen LogP contribution is 2.10. The molecule has 1 N–H and O–H groups in total. The molecule has 0 aliphatic rings. The summed E-state index contributed by atoms with van der Waals surface area (Å²) in [5.74, 6) is 1.57. The molecular weight excluding hydrogens is 254 g/mol. The van der Waals surface area contributed by atoms with Crippen molar-refractivity contribution in [2.45, 2.75) is 13.1 Å². The minimum atomic E-state index is -0.102. The monoisotopic (exact) mass is 269 g/mol. The summed E-state index contributed by atoms with van der Waals surface area (Å²) in [5, 5.41) is 8.73. The first kappa shape index (κ1) is 12.6. The van der Waals surface area contributed by atoms with Gasteiger partial charge in [-0.25, -0.2) is 4.68 Å². The molecule has 0 bridgehead atoms. The van der Waals surface area contributed by atoms with E-state index in [-0.39, 0.29) is 5.56 Å². The van der Waals surface area contributed by atoms with E-state index in [2.05, 4.69) is 10.4 Å². The molecule has 0 unspecified atom stereocenters. The zero-order chi connectivity index (χ0) is 13.9. The molecule has 1 aromatic carbocycles. The third-order valence-electron chi connectivity index (χ3n) is 3.14. The topological polar surface area (TPSA) is 60.1 Å². The van der Waals surface area contributed by atoms with Crippen LogP contribution >= 0.6 is 0 Å². The van der Waals surface area contributed by atoms with Gasteiger partial charge in [0.1, 0.15) is 18.1 Å². The molecule has 0 saturated heterocycles. The Morgan fingerprint density at radius 3 is 2.85 bits per heavy atom. The van der Waals surface area contributed by atoms with Crippen LogP contribution in [0.1, 0.15) is 11.5 Å². The van der Waals surface area contributed by atoms with Crippen LogP contribution in [-0.2, 0) is 13.1 Å². The van der Waals surface area contributed by atoms with Gasteiger partial charge in [-0.2, -0.15) is 5.10 Å². The second-order valence-corrected chi connectivity index (χ2v) is 4.59. The summed E-state index contributed by atoms with van der Waals surface area (Å²) in [4.78, 5) is 12.3. The smallest absolute Gasteiger partial charge is 0.275 e. The van der Waals surface area contributed by atoms with Gasteiger partial charge in [0, 0.05) is 5.39 Å². The fourth-order valence-electron chi connectivity index (χ4n) is 2.16. The molecule has 0 fully saturated rings. The van der Waals surface area contributed by atoms with Crippen molar-refractivity contribution in [3.05, 3.63) is 64.5 Å². The fraction of sp³-hybridized carbons (Fsp3) is 0.200. The second kappa shape index (κ2) is 5.30. The van der Waals surface area contributed by atoms with Gasteiger partial charge in [0.25, 0.3) is 5.56 Å². The van der Waals surface area contributed by atoms with Crippen LogP contribution in [0.2, 0.25) is 0 Å². The Bertz CT molecular complexity index is 789. The maximum atomic E-state index is 12.3. The number of hydrogen-bond donors (Lipinski definition) is 1. The zero-order valence-electron chi connectivity index (χ0n) is 11.2. The Labute approximate surface area is 115 Å². The normalized spacial score (nSPS) is 11.1. The predicted molar refractivity (Wildman–Crippen MR) is 76.6 cm³/mol. The minimum absolute atomic E-state index is 0.102. The summed E-state index contributed by atoms with van der Waals surface area (Å²) in [5.41, 5.74) is -0.102. The van der Waals surface area contributed by atoms with Crippen molar-refractivity contribution in [2.75, 3.05) is 7.05 Å². The molecule has 0 aliphatic heterocycles. The molecule has 5 heteroatoms. The molecule has 20 heavy (non-hydrogen) atoms. The lowest BCUT2D eigenvalue weighted by molar-refractivity contribution is 0.432. The van der Waals surface area contributed by atoms with Crippen molar-refractivity contribution >= 4 is 10.8 Å². The van der Waals surface area contributed by atoms with Crippen molar-refractivity contribution in [1.82, 2.24) is 15.1 Å². The minimum Gasteiger partial charge on any atom is -0.463 e. The lowest BCUT2D eigenvalue weighted by atomic mass is 10.2. The van der Waals surface area contributed by atoms with E-state index in [0.717, 1.165) is 16.9 Å². The van der Waals surface area contributed by atoms with E-state index in [0.29, 0.717) is 18.5 Å². The summed E-state index contributed by atoms with van der Waals surface area (Å²) in [6, 6.07) is 11.2. The Morgan fingerprint density at radius 2 is 2.00 bits per heavy atom. The number of nitrogens with one attached hydrogen (secondary N) is 1. The summed E-state index contributed by atoms with van der Waals surface area (Å²) in [7, 11) is 1.86. The van der Waals surface area contributed by atoms with Gasteiger partial charge < -0.3 is 9.73 Å². The van der Waals surface area contributed by atoms with E-state index in [1.54, 1.807) is 6.20 Å². The Balaban J connectivity index is 1.94. The molecule has 102 valence electrons. The van der Waals surface area contributed by atoms with Crippen LogP contribution in [0, 0.1) is 0 Å². The number of benzene rings is 1. The fourth-order valence-corrected chi connectivity index (χ4v) is 2.16. The van der Waals surface area contributed by atoms with Crippen LogP contribution in [0.4, 0.5) is 0 Å². The maximum absolute atomic E-state index is 12.3. The van der Waals surface area contributed by atoms with E-state index < -0.39 is 0 Å². The second-order valence-electron chi connectivity index (χ2n) is 4.59. The highest BCUT2D eigenvalue weighted by molar-refractivity contribution is 5.80. The van der Waals surface area contributed by atoms with Crippen LogP contribution in [0.25, 0.3) is 10.8 Å². The van der Waals surface area contributed by atoms with E-state index >= 15 is 0 Å². The van der Waals surface area contributed by atoms with Gasteiger partial charge in [-0.1, -0.05) is 18.2 Å². The lowest BCUT2D eigenvalue weighted by Gasteiger charge is -2.04. The van der Waals surface area contributed by atoms with E-state index in [9.17, 15) is 4.79 Å². The highest BCUT2D eigenvalue weighted by atomic mass is 16.3. The first-order valence-electron chi connectivity index (χ1n) is 6.45. The van der Waals surface area contributed by atoms with Gasteiger partial charge in [0.2, 0.25) is 0 Å². The van der Waals surface area contributed by atoms with Crippen molar-refractivity contribution in [2.24, 2.45) is 0 Å². The van der Waals surface area contributed by atoms with Crippen LogP contribution in [0.3, 0.4) is 0 Å². The van der Waals surface area contributed by atoms with Crippen LogP contribution in [0.5, 0.6) is 0 Å². The predicted octanol–water partition coefficient (Wildman–Crippen LogP) is 1.76. The van der Waals surface area contributed by atoms with Crippen LogP contribution in [-0.4, -0.2) is 16.8 Å². The largest absolute Gasteiger partial charge is 0.463 e. The van der Waals surface area contributed by atoms with Gasteiger partial charge in [-0.15, -0.1) is 0 Å². The molecule has 3 aromatic rings. The van der Waals surface area contributed by atoms with Crippen molar-refractivity contribution in [3.63, 3.8) is 0 Å². The summed E-state index contributed by atoms with van der Waals surface area (Å²) in [6.07, 6.45) is 1.70. The summed E-state index contributed by atoms with van der Waals surface area (Å²) < 4.78 is 7.05. The molecule has 0 spiro atoms. The maximum Gasteiger partial charge on any atom is 0.275 e. The lowest BCUT2D eigenvalue weighted by Crippen LogP contribution is -2.23. The molecule has 0 amide bonds. The average Bonchev–Trinajstić information content (AvgIpc) is 2.90. The standard InChI is InChI=1S/C15H15N3O2/c1-16-9-12-6-7-13(20-12)10-18-15(19)14-5-3-2-4-11(14)8-17-18/h2-8,16H,9-10H2,1H3. The Morgan fingerprint density at radius 1 is 1.20 bits per heavy atom. The molecule has 0 radical (unpaired) electrons. The molecule has 2 aromatic heterocycles. The van der Waals surface area contributed by atoms with E-state index in [1.807, 2.05) is 43.4 Å². The number of hydrogen-bond acceptors (Lipinski definition) is 4. The average molecular weight is 269 g/mol. The number of furan rings is 1. The van der Waals surface area contributed by atoms with E-state index in [4.69, 9.17) is 4.42 Å². The molecular formula is C15H15N3O2. The highest BCUT2D eigenvalue weighted by Gasteiger charge is 2.07. The van der Waals surface area contributed by atoms with Gasteiger partial charge in [0.05, 0.1) is 18.1 Å². The Hall–Kier alpha value is -2.40. The number of fused-ring (bicyclic) bond motifs is 1. The van der Waals surface area contributed by atoms with Crippen molar-refractivity contribution in [1.29, 1.82) is 0 Å². The molecule has 2 heterocycles. The molecule has 3 rings (SSSR count). The SMILES string of the molecule is CNCc1ccc(Cn2ncc3ccccc3c2=O)o1. The molecule has 5 nitrogen and oxygen atoms in total. The zero-order valence-corrected chi connectivity index (χ0v) is 11.2. The number of aromatic nitrogens is 2. The van der Waals surface area contributed by atoms with E-state index in [1.165, 1.54) is 4.68 Å². The molecule has 0 saturated carbocycles. The third kappa shape index (κ3) is 2.35. The van der Waals surface area contributed by atoms with Gasteiger partial charge in [0.15, 0.2) is 0 Å². The third-order valence-corrected chi connectivity index (χ3v) is 3.14. The van der Waals surface area contributed by atoms with Gasteiger partial charge >= 0.3 is 0 Å². The van der Waals surface area contributed by atoms with Gasteiger partial charge in [-0.05, 0) is 25.2 Å². The Kier molecular flexibility index (Phi) is 3.35. The van der Waals surface area contributed by atoms with Crippen LogP contribution in [0.15, 0.2) is 51.8 Å². The van der Waals surface area contributed by atoms with Gasteiger partial charge in [-0.3, -0.25) is 4.79 Å². The number of nitrogens with zero attached hydrogens (tertiary/aromatic N) is 2. The first-order valence-corrected chi connectivity index (χ1v) is 6.45. The first-order chi connectivity index (χ1) is 9.78. The quantitative estimate of drug-likeness (QED) is 0.784. The molecule has 0 aliphatic carbocycles. The number of rotatable bonds is 4.